The number of nitrogens with two attached hydrogens (primary N) is 1. The molecular weight excluding hydrogens is 344 g/mol. The largest absolute Gasteiger partial charge is 0.388 e. The molecule has 1 atom stereocenters. The molecule has 1 amide bonds. The maximum Gasteiger partial charge on any atom is 0.345 e. The summed E-state index contributed by atoms with van der Waals surface area (Å²) >= 11 is 0. The number of carbonyl (C=O) groups is 3. The fourth-order valence-electron chi connectivity index (χ4n) is 2.61. The molecule has 0 aromatic heterocycles. The number of benzene rings is 2. The highest BCUT2D eigenvalue weighted by atomic mass is 16.6. The molecule has 3 N–H and O–H groups in total. The molecule has 0 saturated carbocycles. The standard InChI is InChI=1S/C21H24N2O4/c1-14(2)23-18(12-13-19(22)24)21(26)27-20(25)17-10-8-16(9-11-17)15-6-4-3-5-7-15/h3-11,14,18,23H,12-13H2,1-2H3,(H2,22,24)/t18-/m0/s1. The molecule has 142 valence electrons. The first kappa shape index (κ1) is 20.3. The van der Waals surface area contributed by atoms with Gasteiger partial charge in [-0.15, -0.1) is 0 Å². The zero-order valence-electron chi connectivity index (χ0n) is 15.5. The Bertz CT molecular complexity index is 786. The van der Waals surface area contributed by atoms with Gasteiger partial charge in [0, 0.05) is 12.5 Å². The van der Waals surface area contributed by atoms with Gasteiger partial charge in [-0.3, -0.25) is 4.79 Å². The molecule has 0 bridgehead atoms. The van der Waals surface area contributed by atoms with Crippen LogP contribution in [0.15, 0.2) is 54.6 Å². The van der Waals surface area contributed by atoms with E-state index in [-0.39, 0.29) is 24.4 Å². The predicted octanol–water partition coefficient (Wildman–Crippen LogP) is 2.67. The maximum atomic E-state index is 12.3. The molecule has 6 heteroatoms. The van der Waals surface area contributed by atoms with Crippen molar-refractivity contribution in [2.45, 2.75) is 38.8 Å². The lowest BCUT2D eigenvalue weighted by molar-refractivity contribution is -0.140. The Balaban J connectivity index is 2.03. The SMILES string of the molecule is CC(C)N[C@@H](CCC(N)=O)C(=O)OC(=O)c1ccc(-c2ccccc2)cc1. The summed E-state index contributed by atoms with van der Waals surface area (Å²) in [7, 11) is 0. The summed E-state index contributed by atoms with van der Waals surface area (Å²) in [4.78, 5) is 35.6. The lowest BCUT2D eigenvalue weighted by Gasteiger charge is -2.18. The molecule has 0 heterocycles. The zero-order valence-corrected chi connectivity index (χ0v) is 15.5. The summed E-state index contributed by atoms with van der Waals surface area (Å²) in [6, 6.07) is 15.8. The van der Waals surface area contributed by atoms with Gasteiger partial charge >= 0.3 is 11.9 Å². The lowest BCUT2D eigenvalue weighted by Crippen LogP contribution is -2.43. The third-order valence-electron chi connectivity index (χ3n) is 3.92. The van der Waals surface area contributed by atoms with Gasteiger partial charge in [-0.1, -0.05) is 56.3 Å². The van der Waals surface area contributed by atoms with E-state index in [1.807, 2.05) is 44.2 Å². The summed E-state index contributed by atoms with van der Waals surface area (Å²) in [6.07, 6.45) is 0.200. The van der Waals surface area contributed by atoms with Gasteiger partial charge < -0.3 is 15.8 Å². The van der Waals surface area contributed by atoms with Crippen LogP contribution in [0.25, 0.3) is 11.1 Å². The molecule has 6 nitrogen and oxygen atoms in total. The molecular formula is C21H24N2O4. The Morgan fingerprint density at radius 2 is 1.56 bits per heavy atom. The van der Waals surface area contributed by atoms with Crippen LogP contribution in [0, 0.1) is 0 Å². The van der Waals surface area contributed by atoms with Crippen LogP contribution in [0.2, 0.25) is 0 Å². The smallest absolute Gasteiger partial charge is 0.345 e. The predicted molar refractivity (Wildman–Crippen MR) is 103 cm³/mol. The van der Waals surface area contributed by atoms with Gasteiger partial charge in [0.25, 0.3) is 0 Å². The van der Waals surface area contributed by atoms with Crippen LogP contribution in [0.3, 0.4) is 0 Å². The lowest BCUT2D eigenvalue weighted by atomic mass is 10.0. The molecule has 27 heavy (non-hydrogen) atoms. The Hall–Kier alpha value is -2.99. The molecule has 2 rings (SSSR count). The molecule has 0 aliphatic carbocycles. The van der Waals surface area contributed by atoms with Crippen LogP contribution in [-0.4, -0.2) is 29.9 Å². The first-order chi connectivity index (χ1) is 12.9. The van der Waals surface area contributed by atoms with E-state index >= 15 is 0 Å². The number of amides is 1. The van der Waals surface area contributed by atoms with Gasteiger partial charge in [0.2, 0.25) is 5.91 Å². The van der Waals surface area contributed by atoms with E-state index in [0.29, 0.717) is 0 Å². The summed E-state index contributed by atoms with van der Waals surface area (Å²) in [5.74, 6) is -1.96. The summed E-state index contributed by atoms with van der Waals surface area (Å²) in [5, 5.41) is 2.99. The van der Waals surface area contributed by atoms with Gasteiger partial charge in [0.15, 0.2) is 0 Å². The second-order valence-electron chi connectivity index (χ2n) is 6.53. The number of hydrogen-bond acceptors (Lipinski definition) is 5. The van der Waals surface area contributed by atoms with Crippen LogP contribution in [0.1, 0.15) is 37.0 Å². The van der Waals surface area contributed by atoms with Crippen molar-refractivity contribution in [3.63, 3.8) is 0 Å². The van der Waals surface area contributed by atoms with Crippen molar-refractivity contribution in [1.29, 1.82) is 0 Å². The zero-order chi connectivity index (χ0) is 19.8. The first-order valence-corrected chi connectivity index (χ1v) is 8.82. The van der Waals surface area contributed by atoms with E-state index in [1.165, 1.54) is 0 Å². The van der Waals surface area contributed by atoms with Crippen LogP contribution < -0.4 is 11.1 Å². The summed E-state index contributed by atoms with van der Waals surface area (Å²) < 4.78 is 4.98. The van der Waals surface area contributed by atoms with Gasteiger partial charge in [-0.25, -0.2) is 9.59 Å². The Labute approximate surface area is 158 Å². The molecule has 0 spiro atoms. The van der Waals surface area contributed by atoms with E-state index in [4.69, 9.17) is 10.5 Å². The number of primary amides is 1. The van der Waals surface area contributed by atoms with E-state index in [0.717, 1.165) is 11.1 Å². The average molecular weight is 368 g/mol. The van der Waals surface area contributed by atoms with Crippen molar-refractivity contribution in [2.75, 3.05) is 0 Å². The fraction of sp³-hybridized carbons (Fsp3) is 0.286. The normalized spacial score (nSPS) is 11.8. The first-order valence-electron chi connectivity index (χ1n) is 8.82. The minimum Gasteiger partial charge on any atom is -0.388 e. The molecule has 0 aliphatic rings. The Morgan fingerprint density at radius 1 is 0.963 bits per heavy atom. The number of carbonyl (C=O) groups excluding carboxylic acids is 3. The van der Waals surface area contributed by atoms with Gasteiger partial charge in [0.05, 0.1) is 5.56 Å². The minimum atomic E-state index is -0.773. The number of ether oxygens (including phenoxy) is 1. The molecule has 0 unspecified atom stereocenters. The molecule has 2 aromatic carbocycles. The monoisotopic (exact) mass is 368 g/mol. The highest BCUT2D eigenvalue weighted by Crippen LogP contribution is 2.19. The van der Waals surface area contributed by atoms with Crippen LogP contribution >= 0.6 is 0 Å². The van der Waals surface area contributed by atoms with Gasteiger partial charge in [0.1, 0.15) is 6.04 Å². The quantitative estimate of drug-likeness (QED) is 0.551. The second kappa shape index (κ2) is 9.64. The van der Waals surface area contributed by atoms with Crippen LogP contribution in [-0.2, 0) is 14.3 Å². The van der Waals surface area contributed by atoms with Crippen LogP contribution in [0.4, 0.5) is 0 Å². The van der Waals surface area contributed by atoms with Crippen molar-refractivity contribution in [3.05, 3.63) is 60.2 Å². The summed E-state index contributed by atoms with van der Waals surface area (Å²) in [5.41, 5.74) is 7.41. The van der Waals surface area contributed by atoms with Crippen molar-refractivity contribution in [1.82, 2.24) is 5.32 Å². The third-order valence-corrected chi connectivity index (χ3v) is 3.92. The third kappa shape index (κ3) is 6.34. The molecule has 0 aliphatic heterocycles. The van der Waals surface area contributed by atoms with Crippen LogP contribution in [0.5, 0.6) is 0 Å². The van der Waals surface area contributed by atoms with E-state index in [9.17, 15) is 14.4 Å². The minimum absolute atomic E-state index is 0.0179. The number of nitrogens with one attached hydrogen (secondary N) is 1. The number of rotatable bonds is 8. The van der Waals surface area contributed by atoms with Gasteiger partial charge in [-0.2, -0.15) is 0 Å². The topological polar surface area (TPSA) is 98.5 Å². The molecule has 0 saturated heterocycles. The fourth-order valence-corrected chi connectivity index (χ4v) is 2.61. The molecule has 2 aromatic rings. The second-order valence-corrected chi connectivity index (χ2v) is 6.53. The van der Waals surface area contributed by atoms with E-state index in [2.05, 4.69) is 5.32 Å². The average Bonchev–Trinajstić information content (AvgIpc) is 2.65. The van der Waals surface area contributed by atoms with Crippen molar-refractivity contribution >= 4 is 17.8 Å². The molecule has 0 radical (unpaired) electrons. The van der Waals surface area contributed by atoms with Crippen molar-refractivity contribution < 1.29 is 19.1 Å². The van der Waals surface area contributed by atoms with E-state index in [1.54, 1.807) is 24.3 Å². The molecule has 0 fully saturated rings. The van der Waals surface area contributed by atoms with E-state index < -0.39 is 23.9 Å². The Kier molecular flexibility index (Phi) is 7.25. The number of esters is 2. The summed E-state index contributed by atoms with van der Waals surface area (Å²) in [6.45, 7) is 3.71. The van der Waals surface area contributed by atoms with Gasteiger partial charge in [-0.05, 0) is 29.7 Å². The highest BCUT2D eigenvalue weighted by molar-refractivity contribution is 5.98. The van der Waals surface area contributed by atoms with Crippen molar-refractivity contribution in [2.24, 2.45) is 5.73 Å². The Morgan fingerprint density at radius 3 is 2.11 bits per heavy atom. The number of hydrogen-bond donors (Lipinski definition) is 2. The van der Waals surface area contributed by atoms with Crippen molar-refractivity contribution in [3.8, 4) is 11.1 Å². The highest BCUT2D eigenvalue weighted by Gasteiger charge is 2.24. The maximum absolute atomic E-state index is 12.3.